The van der Waals surface area contributed by atoms with Crippen molar-refractivity contribution in [2.45, 2.75) is 12.4 Å². The Morgan fingerprint density at radius 3 is 2.88 bits per heavy atom. The van der Waals surface area contributed by atoms with E-state index < -0.39 is 0 Å². The fraction of sp³-hybridized carbons (Fsp3) is 0.417. The topological polar surface area (TPSA) is 47.6 Å². The molecule has 1 fully saturated rings. The first kappa shape index (κ1) is 12.4. The first-order chi connectivity index (χ1) is 8.29. The fourth-order valence-electron chi connectivity index (χ4n) is 1.62. The number of hydrogen-bond acceptors (Lipinski definition) is 3. The summed E-state index contributed by atoms with van der Waals surface area (Å²) in [6.07, 6.45) is -0.457. The Bertz CT molecular complexity index is 371. The number of benzene rings is 1. The van der Waals surface area contributed by atoms with Gasteiger partial charge in [0, 0.05) is 12.1 Å². The molecule has 0 spiro atoms. The van der Waals surface area contributed by atoms with Gasteiger partial charge in [-0.3, -0.25) is 4.79 Å². The molecule has 5 heteroatoms. The highest BCUT2D eigenvalue weighted by Gasteiger charge is 2.27. The normalized spacial score (nSPS) is 23.6. The number of carbonyl (C=O) groups excluding carboxylic acids is 1. The average molecular weight is 256 g/mol. The van der Waals surface area contributed by atoms with Crippen LogP contribution in [0.3, 0.4) is 0 Å². The second-order valence-corrected chi connectivity index (χ2v) is 4.04. The average Bonchev–Trinajstić information content (AvgIpc) is 2.86. The van der Waals surface area contributed by atoms with Crippen LogP contribution in [0.2, 0.25) is 0 Å². The maximum Gasteiger partial charge on any atom is 0.235 e. The Morgan fingerprint density at radius 2 is 2.18 bits per heavy atom. The molecule has 1 amide bonds. The van der Waals surface area contributed by atoms with Gasteiger partial charge < -0.3 is 14.8 Å². The van der Waals surface area contributed by atoms with Gasteiger partial charge in [-0.2, -0.15) is 0 Å². The van der Waals surface area contributed by atoms with E-state index in [-0.39, 0.29) is 24.2 Å². The van der Waals surface area contributed by atoms with Gasteiger partial charge in [-0.25, -0.2) is 0 Å². The summed E-state index contributed by atoms with van der Waals surface area (Å²) >= 11 is 5.38. The number of rotatable bonds is 4. The van der Waals surface area contributed by atoms with Crippen LogP contribution >= 0.6 is 11.6 Å². The molecule has 1 aromatic carbocycles. The monoisotopic (exact) mass is 255 g/mol. The fourth-order valence-corrected chi connectivity index (χ4v) is 1.71. The third-order valence-electron chi connectivity index (χ3n) is 2.47. The predicted octanol–water partition coefficient (Wildman–Crippen LogP) is 1.46. The van der Waals surface area contributed by atoms with Crippen LogP contribution < -0.4 is 5.32 Å². The Hall–Kier alpha value is -1.10. The van der Waals surface area contributed by atoms with Crippen molar-refractivity contribution in [3.63, 3.8) is 0 Å². The maximum atomic E-state index is 11.0. The van der Waals surface area contributed by atoms with Gasteiger partial charge in [0.1, 0.15) is 12.0 Å². The van der Waals surface area contributed by atoms with Gasteiger partial charge in [-0.05, 0) is 0 Å². The highest BCUT2D eigenvalue weighted by atomic mass is 35.5. The Morgan fingerprint density at radius 1 is 1.41 bits per heavy atom. The number of hydrogen-bond donors (Lipinski definition) is 1. The number of amides is 1. The van der Waals surface area contributed by atoms with E-state index in [1.54, 1.807) is 0 Å². The first-order valence-corrected chi connectivity index (χ1v) is 5.97. The molecule has 1 saturated heterocycles. The summed E-state index contributed by atoms with van der Waals surface area (Å²) in [4.78, 5) is 11.0. The minimum Gasteiger partial charge on any atom is -0.352 e. The number of carbonyl (C=O) groups is 1. The molecule has 1 aliphatic rings. The first-order valence-electron chi connectivity index (χ1n) is 5.44. The highest BCUT2D eigenvalue weighted by molar-refractivity contribution is 6.27. The number of ether oxygens (including phenoxy) is 2. The second kappa shape index (κ2) is 6.00. The van der Waals surface area contributed by atoms with E-state index in [4.69, 9.17) is 21.1 Å². The summed E-state index contributed by atoms with van der Waals surface area (Å²) in [7, 11) is 0. The number of nitrogens with one attached hydrogen (secondary N) is 1. The van der Waals surface area contributed by atoms with Crippen molar-refractivity contribution >= 4 is 17.5 Å². The minimum atomic E-state index is -0.339. The van der Waals surface area contributed by atoms with E-state index in [0.717, 1.165) is 5.56 Å². The summed E-state index contributed by atoms with van der Waals surface area (Å²) in [6, 6.07) is 9.71. The lowest BCUT2D eigenvalue weighted by Crippen LogP contribution is -2.33. The summed E-state index contributed by atoms with van der Waals surface area (Å²) in [5, 5.41) is 2.67. The van der Waals surface area contributed by atoms with Gasteiger partial charge in [-0.15, -0.1) is 11.6 Å². The molecular formula is C12H14ClNO3. The van der Waals surface area contributed by atoms with Crippen molar-refractivity contribution in [2.24, 2.45) is 0 Å². The molecule has 0 aromatic heterocycles. The molecule has 0 aliphatic carbocycles. The van der Waals surface area contributed by atoms with Crippen LogP contribution in [-0.4, -0.2) is 31.0 Å². The van der Waals surface area contributed by atoms with Crippen LogP contribution in [0, 0.1) is 0 Å². The van der Waals surface area contributed by atoms with E-state index in [0.29, 0.717) is 13.2 Å². The van der Waals surface area contributed by atoms with Gasteiger partial charge in [0.25, 0.3) is 0 Å². The SMILES string of the molecule is O=C(CCl)NCC1COC(c2ccccc2)O1. The van der Waals surface area contributed by atoms with Crippen LogP contribution in [0.5, 0.6) is 0 Å². The molecule has 92 valence electrons. The predicted molar refractivity (Wildman–Crippen MR) is 63.7 cm³/mol. The van der Waals surface area contributed by atoms with E-state index in [1.165, 1.54) is 0 Å². The molecule has 17 heavy (non-hydrogen) atoms. The zero-order chi connectivity index (χ0) is 12.1. The molecule has 2 rings (SSSR count). The molecule has 1 N–H and O–H groups in total. The summed E-state index contributed by atoms with van der Waals surface area (Å²) in [5.41, 5.74) is 0.985. The lowest BCUT2D eigenvalue weighted by molar-refractivity contribution is -0.119. The molecule has 0 bridgehead atoms. The molecule has 0 saturated carbocycles. The van der Waals surface area contributed by atoms with Gasteiger partial charge in [0.2, 0.25) is 5.91 Å². The van der Waals surface area contributed by atoms with Gasteiger partial charge >= 0.3 is 0 Å². The third-order valence-corrected chi connectivity index (χ3v) is 2.71. The molecule has 1 aliphatic heterocycles. The van der Waals surface area contributed by atoms with E-state index in [9.17, 15) is 4.79 Å². The molecule has 4 nitrogen and oxygen atoms in total. The van der Waals surface area contributed by atoms with Crippen LogP contribution in [0.15, 0.2) is 30.3 Å². The zero-order valence-electron chi connectivity index (χ0n) is 9.27. The van der Waals surface area contributed by atoms with E-state index in [1.807, 2.05) is 30.3 Å². The lowest BCUT2D eigenvalue weighted by Gasteiger charge is -2.11. The Kier molecular flexibility index (Phi) is 4.36. The van der Waals surface area contributed by atoms with Crippen molar-refractivity contribution < 1.29 is 14.3 Å². The van der Waals surface area contributed by atoms with Crippen molar-refractivity contribution in [2.75, 3.05) is 19.0 Å². The van der Waals surface area contributed by atoms with Crippen molar-refractivity contribution in [1.82, 2.24) is 5.32 Å². The molecular weight excluding hydrogens is 242 g/mol. The van der Waals surface area contributed by atoms with E-state index >= 15 is 0 Å². The molecule has 2 atom stereocenters. The zero-order valence-corrected chi connectivity index (χ0v) is 10.0. The summed E-state index contributed by atoms with van der Waals surface area (Å²) in [5.74, 6) is -0.228. The lowest BCUT2D eigenvalue weighted by atomic mass is 10.2. The van der Waals surface area contributed by atoms with Crippen LogP contribution in [-0.2, 0) is 14.3 Å². The number of halogens is 1. The third kappa shape index (κ3) is 3.43. The van der Waals surface area contributed by atoms with Crippen molar-refractivity contribution in [3.05, 3.63) is 35.9 Å². The van der Waals surface area contributed by atoms with Crippen molar-refractivity contribution in [1.29, 1.82) is 0 Å². The highest BCUT2D eigenvalue weighted by Crippen LogP contribution is 2.26. The van der Waals surface area contributed by atoms with Gasteiger partial charge in [-0.1, -0.05) is 30.3 Å². The van der Waals surface area contributed by atoms with Crippen molar-refractivity contribution in [3.8, 4) is 0 Å². The van der Waals surface area contributed by atoms with Gasteiger partial charge in [0.05, 0.1) is 6.61 Å². The second-order valence-electron chi connectivity index (χ2n) is 3.77. The minimum absolute atomic E-state index is 0.0321. The van der Waals surface area contributed by atoms with Crippen LogP contribution in [0.25, 0.3) is 0 Å². The molecule has 0 radical (unpaired) electrons. The van der Waals surface area contributed by atoms with E-state index in [2.05, 4.69) is 5.32 Å². The van der Waals surface area contributed by atoms with Gasteiger partial charge in [0.15, 0.2) is 6.29 Å². The molecule has 2 unspecified atom stereocenters. The maximum absolute atomic E-state index is 11.0. The Labute approximate surface area is 105 Å². The Balaban J connectivity index is 1.82. The quantitative estimate of drug-likeness (QED) is 0.829. The summed E-state index contributed by atoms with van der Waals surface area (Å²) in [6.45, 7) is 0.900. The smallest absolute Gasteiger partial charge is 0.235 e. The molecule has 1 heterocycles. The largest absolute Gasteiger partial charge is 0.352 e. The number of alkyl halides is 1. The van der Waals surface area contributed by atoms with Crippen LogP contribution in [0.4, 0.5) is 0 Å². The summed E-state index contributed by atoms with van der Waals surface area (Å²) < 4.78 is 11.2. The van der Waals surface area contributed by atoms with Crippen LogP contribution in [0.1, 0.15) is 11.9 Å². The molecule has 1 aromatic rings. The standard InChI is InChI=1S/C12H14ClNO3/c13-6-11(15)14-7-10-8-16-12(17-10)9-4-2-1-3-5-9/h1-5,10,12H,6-8H2,(H,14,15).